The lowest BCUT2D eigenvalue weighted by molar-refractivity contribution is -0.116. The van der Waals surface area contributed by atoms with Gasteiger partial charge < -0.3 is 15.2 Å². The lowest BCUT2D eigenvalue weighted by Gasteiger charge is -2.21. The Morgan fingerprint density at radius 2 is 1.89 bits per heavy atom. The van der Waals surface area contributed by atoms with Gasteiger partial charge >= 0.3 is 0 Å². The number of hydrogen-bond acceptors (Lipinski definition) is 5. The molecule has 2 aromatic carbocycles. The van der Waals surface area contributed by atoms with Crippen molar-refractivity contribution in [1.82, 2.24) is 9.97 Å². The van der Waals surface area contributed by atoms with Crippen molar-refractivity contribution in [3.8, 4) is 34.0 Å². The van der Waals surface area contributed by atoms with Gasteiger partial charge in [0.05, 0.1) is 18.5 Å². The van der Waals surface area contributed by atoms with Gasteiger partial charge in [-0.05, 0) is 74.2 Å². The number of rotatable bonds is 8. The zero-order valence-electron chi connectivity index (χ0n) is 20.0. The summed E-state index contributed by atoms with van der Waals surface area (Å²) in [6, 6.07) is 12.8. The van der Waals surface area contributed by atoms with E-state index in [0.717, 1.165) is 45.8 Å². The number of anilines is 1. The van der Waals surface area contributed by atoms with Crippen LogP contribution in [0, 0.1) is 0 Å². The number of fused-ring (bicyclic) bond motifs is 3. The van der Waals surface area contributed by atoms with E-state index in [1.165, 1.54) is 0 Å². The minimum absolute atomic E-state index is 0.143. The smallest absolute Gasteiger partial charge is 0.225 e. The Bertz CT molecular complexity index is 1310. The van der Waals surface area contributed by atoms with Gasteiger partial charge in [0.15, 0.2) is 5.82 Å². The van der Waals surface area contributed by atoms with Crippen LogP contribution < -0.4 is 10.1 Å². The van der Waals surface area contributed by atoms with Crippen molar-refractivity contribution < 1.29 is 14.6 Å². The molecule has 0 bridgehead atoms. The molecule has 1 aliphatic rings. The number of nitrogens with zero attached hydrogens (tertiary/aromatic N) is 2. The number of nitrogens with one attached hydrogen (secondary N) is 1. The fourth-order valence-electron chi connectivity index (χ4n) is 4.02. The number of hydrogen-bond donors (Lipinski definition) is 2. The first-order valence-electron chi connectivity index (χ1n) is 11.6. The third-order valence-corrected chi connectivity index (χ3v) is 5.87. The van der Waals surface area contributed by atoms with Crippen LogP contribution in [0.1, 0.15) is 31.0 Å². The molecule has 35 heavy (non-hydrogen) atoms. The Labute approximate surface area is 205 Å². The molecular formula is C29H29N3O3. The van der Waals surface area contributed by atoms with Gasteiger partial charge in [-0.1, -0.05) is 36.5 Å². The van der Waals surface area contributed by atoms with Crippen LogP contribution in [0.2, 0.25) is 0 Å². The van der Waals surface area contributed by atoms with Gasteiger partial charge in [-0.3, -0.25) is 4.79 Å². The van der Waals surface area contributed by atoms with E-state index < -0.39 is 0 Å². The van der Waals surface area contributed by atoms with Crippen LogP contribution in [0.3, 0.4) is 0 Å². The maximum Gasteiger partial charge on any atom is 0.225 e. The van der Waals surface area contributed by atoms with Crippen LogP contribution >= 0.6 is 0 Å². The summed E-state index contributed by atoms with van der Waals surface area (Å²) in [6.07, 6.45) is 9.95. The van der Waals surface area contributed by atoms with Crippen LogP contribution in [0.4, 0.5) is 5.82 Å². The summed E-state index contributed by atoms with van der Waals surface area (Å²) in [4.78, 5) is 22.6. The van der Waals surface area contributed by atoms with Gasteiger partial charge in [-0.2, -0.15) is 0 Å². The molecular weight excluding hydrogens is 438 g/mol. The predicted octanol–water partition coefficient (Wildman–Crippen LogP) is 6.03. The number of aryl methyl sites for hydroxylation is 2. The Morgan fingerprint density at radius 1 is 1.09 bits per heavy atom. The normalized spacial score (nSPS) is 12.4. The standard InChI is InChI=1S/C29H29N3O3/c1-4-5-6-7-19(2)8-17-26(34)31-29-27(20-9-13-23(35-3)14-10-20)32-28-24-15-12-22(33)18-21(24)11-16-25(28)30-29/h4-7,9-10,12-15,18,33H,2,8,11,16-17H2,1,3H3,(H,30,31,34)/b5-4-,7-6-. The van der Waals surface area contributed by atoms with E-state index in [4.69, 9.17) is 14.7 Å². The van der Waals surface area contributed by atoms with Crippen molar-refractivity contribution >= 4 is 11.7 Å². The second-order valence-electron chi connectivity index (χ2n) is 8.38. The predicted molar refractivity (Wildman–Crippen MR) is 139 cm³/mol. The quantitative estimate of drug-likeness (QED) is 0.395. The van der Waals surface area contributed by atoms with Gasteiger partial charge in [-0.15, -0.1) is 0 Å². The van der Waals surface area contributed by atoms with Gasteiger partial charge in [-0.25, -0.2) is 9.97 Å². The highest BCUT2D eigenvalue weighted by Crippen LogP contribution is 2.37. The van der Waals surface area contributed by atoms with Crippen molar-refractivity contribution in [2.24, 2.45) is 0 Å². The first-order valence-corrected chi connectivity index (χ1v) is 11.6. The number of amides is 1. The average molecular weight is 468 g/mol. The van der Waals surface area contributed by atoms with E-state index in [0.29, 0.717) is 30.8 Å². The monoisotopic (exact) mass is 467 g/mol. The molecule has 4 rings (SSSR count). The number of benzene rings is 2. The lowest BCUT2D eigenvalue weighted by atomic mass is 9.91. The Morgan fingerprint density at radius 3 is 2.63 bits per heavy atom. The molecule has 2 N–H and O–H groups in total. The minimum Gasteiger partial charge on any atom is -0.508 e. The van der Waals surface area contributed by atoms with Crippen LogP contribution in [-0.2, 0) is 17.6 Å². The minimum atomic E-state index is -0.143. The average Bonchev–Trinajstić information content (AvgIpc) is 2.87. The summed E-state index contributed by atoms with van der Waals surface area (Å²) in [6.45, 7) is 5.96. The Hall–Kier alpha value is -4.19. The van der Waals surface area contributed by atoms with Crippen molar-refractivity contribution in [3.05, 3.63) is 90.2 Å². The van der Waals surface area contributed by atoms with Gasteiger partial charge in [0.25, 0.3) is 0 Å². The molecule has 0 spiro atoms. The highest BCUT2D eigenvalue weighted by molar-refractivity contribution is 5.94. The fraction of sp³-hybridized carbons (Fsp3) is 0.207. The molecule has 0 unspecified atom stereocenters. The third kappa shape index (κ3) is 5.66. The molecule has 178 valence electrons. The van der Waals surface area contributed by atoms with E-state index in [9.17, 15) is 9.90 Å². The van der Waals surface area contributed by atoms with E-state index in [2.05, 4.69) is 11.9 Å². The molecule has 0 atom stereocenters. The largest absolute Gasteiger partial charge is 0.508 e. The van der Waals surface area contributed by atoms with E-state index >= 15 is 0 Å². The van der Waals surface area contributed by atoms with Crippen molar-refractivity contribution in [2.45, 2.75) is 32.6 Å². The number of aromatic nitrogens is 2. The fourth-order valence-corrected chi connectivity index (χ4v) is 4.02. The molecule has 1 amide bonds. The third-order valence-electron chi connectivity index (χ3n) is 5.87. The molecule has 0 aliphatic heterocycles. The topological polar surface area (TPSA) is 84.3 Å². The molecule has 0 fully saturated rings. The van der Waals surface area contributed by atoms with Gasteiger partial charge in [0, 0.05) is 17.5 Å². The van der Waals surface area contributed by atoms with Crippen LogP contribution in [0.5, 0.6) is 11.5 Å². The number of carbonyl (C=O) groups excluding carboxylic acids is 1. The molecule has 1 heterocycles. The summed E-state index contributed by atoms with van der Waals surface area (Å²) in [5.41, 5.74) is 5.88. The first-order chi connectivity index (χ1) is 17.0. The number of allylic oxidation sites excluding steroid dienone is 5. The zero-order chi connectivity index (χ0) is 24.8. The lowest BCUT2D eigenvalue weighted by Crippen LogP contribution is -2.17. The molecule has 0 radical (unpaired) electrons. The van der Waals surface area contributed by atoms with Crippen LogP contribution in [0.25, 0.3) is 22.5 Å². The number of aromatic hydroxyl groups is 1. The summed E-state index contributed by atoms with van der Waals surface area (Å²) in [7, 11) is 1.62. The molecule has 0 saturated heterocycles. The number of carbonyl (C=O) groups is 1. The molecule has 6 heteroatoms. The molecule has 3 aromatic rings. The van der Waals surface area contributed by atoms with E-state index in [-0.39, 0.29) is 11.7 Å². The summed E-state index contributed by atoms with van der Waals surface area (Å²) in [5.74, 6) is 1.27. The number of phenols is 1. The highest BCUT2D eigenvalue weighted by Gasteiger charge is 2.23. The maximum atomic E-state index is 12.8. The van der Waals surface area contributed by atoms with Crippen molar-refractivity contribution in [3.63, 3.8) is 0 Å². The summed E-state index contributed by atoms with van der Waals surface area (Å²) < 4.78 is 5.29. The van der Waals surface area contributed by atoms with Crippen molar-refractivity contribution in [1.29, 1.82) is 0 Å². The van der Waals surface area contributed by atoms with Crippen LogP contribution in [0.15, 0.2) is 78.9 Å². The maximum absolute atomic E-state index is 12.8. The first kappa shape index (κ1) is 24.0. The Balaban J connectivity index is 1.66. The molecule has 0 saturated carbocycles. The van der Waals surface area contributed by atoms with E-state index in [1.54, 1.807) is 19.2 Å². The zero-order valence-corrected chi connectivity index (χ0v) is 20.0. The second kappa shape index (κ2) is 10.8. The SMILES string of the molecule is C=C(/C=C\C=C/C)CCC(=O)Nc1nc2c(nc1-c1ccc(OC)cc1)-c1ccc(O)cc1CC2. The molecule has 1 aromatic heterocycles. The number of phenolic OH excluding ortho intramolecular Hbond substituents is 1. The second-order valence-corrected chi connectivity index (χ2v) is 8.38. The summed E-state index contributed by atoms with van der Waals surface area (Å²) >= 11 is 0. The molecule has 6 nitrogen and oxygen atoms in total. The number of ether oxygens (including phenoxy) is 1. The Kier molecular flexibility index (Phi) is 7.41. The number of methoxy groups -OCH3 is 1. The highest BCUT2D eigenvalue weighted by atomic mass is 16.5. The summed E-state index contributed by atoms with van der Waals surface area (Å²) in [5, 5.41) is 12.9. The van der Waals surface area contributed by atoms with E-state index in [1.807, 2.05) is 61.6 Å². The molecule has 1 aliphatic carbocycles. The van der Waals surface area contributed by atoms with Crippen LogP contribution in [-0.4, -0.2) is 28.1 Å². The van der Waals surface area contributed by atoms with Gasteiger partial charge in [0.2, 0.25) is 5.91 Å². The van der Waals surface area contributed by atoms with Gasteiger partial charge in [0.1, 0.15) is 17.2 Å². The van der Waals surface area contributed by atoms with Crippen molar-refractivity contribution in [2.75, 3.05) is 12.4 Å².